The van der Waals surface area contributed by atoms with Crippen LogP contribution in [0.3, 0.4) is 0 Å². The van der Waals surface area contributed by atoms with Gasteiger partial charge in [-0.3, -0.25) is 4.18 Å². The maximum absolute atomic E-state index is 12.6. The molecule has 152 valence electrons. The van der Waals surface area contributed by atoms with Crippen LogP contribution in [0.2, 0.25) is 0 Å². The first-order valence-electron chi connectivity index (χ1n) is 9.69. The summed E-state index contributed by atoms with van der Waals surface area (Å²) < 4.78 is 38.8. The first-order chi connectivity index (χ1) is 14.5. The highest BCUT2D eigenvalue weighted by atomic mass is 32.2. The third-order valence-corrected chi connectivity index (χ3v) is 6.48. The number of hydrogen-bond acceptors (Lipinski definition) is 5. The largest absolute Gasteiger partial charge is 0.485 e. The summed E-state index contributed by atoms with van der Waals surface area (Å²) in [6, 6.07) is 22.1. The van der Waals surface area contributed by atoms with Gasteiger partial charge in [0.25, 0.3) is 10.1 Å². The average molecular weight is 420 g/mol. The fraction of sp³-hybridized carbons (Fsp3) is 0.174. The molecule has 0 bridgehead atoms. The molecule has 4 aromatic rings. The molecule has 1 atom stereocenters. The van der Waals surface area contributed by atoms with Gasteiger partial charge in [0.2, 0.25) is 0 Å². The van der Waals surface area contributed by atoms with Crippen LogP contribution in [0, 0.1) is 6.92 Å². The van der Waals surface area contributed by atoms with Gasteiger partial charge < -0.3 is 9.30 Å². The molecule has 30 heavy (non-hydrogen) atoms. The summed E-state index contributed by atoms with van der Waals surface area (Å²) in [6.45, 7) is 2.23. The molecule has 0 saturated heterocycles. The van der Waals surface area contributed by atoms with Crippen LogP contribution in [0.25, 0.3) is 22.4 Å². The number of imidazole rings is 1. The van der Waals surface area contributed by atoms with Gasteiger partial charge in [0.1, 0.15) is 24.3 Å². The number of para-hydroxylation sites is 3. The van der Waals surface area contributed by atoms with E-state index in [1.54, 1.807) is 24.3 Å². The van der Waals surface area contributed by atoms with Crippen molar-refractivity contribution in [3.63, 3.8) is 0 Å². The summed E-state index contributed by atoms with van der Waals surface area (Å²) in [5, 5.41) is 0. The molecule has 0 saturated carbocycles. The molecule has 1 aromatic heterocycles. The Kier molecular flexibility index (Phi) is 4.56. The Hall–Kier alpha value is -3.16. The molecule has 3 aromatic carbocycles. The second-order valence-electron chi connectivity index (χ2n) is 7.32. The van der Waals surface area contributed by atoms with Crippen LogP contribution in [0.5, 0.6) is 5.75 Å². The van der Waals surface area contributed by atoms with Crippen LogP contribution in [0.1, 0.15) is 5.56 Å². The van der Waals surface area contributed by atoms with Crippen molar-refractivity contribution in [3.8, 4) is 17.1 Å². The number of hydrogen-bond donors (Lipinski definition) is 0. The Labute approximate surface area is 174 Å². The first kappa shape index (κ1) is 18.8. The van der Waals surface area contributed by atoms with Gasteiger partial charge in [0.15, 0.2) is 0 Å². The predicted molar refractivity (Wildman–Crippen MR) is 114 cm³/mol. The Balaban J connectivity index is 1.48. The molecule has 1 unspecified atom stereocenters. The van der Waals surface area contributed by atoms with Crippen LogP contribution in [-0.2, 0) is 20.8 Å². The third kappa shape index (κ3) is 3.36. The van der Waals surface area contributed by atoms with E-state index in [-0.39, 0.29) is 11.5 Å². The number of rotatable bonds is 4. The van der Waals surface area contributed by atoms with Crippen molar-refractivity contribution in [2.75, 3.05) is 6.61 Å². The molecule has 0 amide bonds. The molecule has 2 heterocycles. The van der Waals surface area contributed by atoms with E-state index in [4.69, 9.17) is 13.9 Å². The number of fused-ring (bicyclic) bond motifs is 5. The van der Waals surface area contributed by atoms with Crippen molar-refractivity contribution in [3.05, 3.63) is 78.4 Å². The van der Waals surface area contributed by atoms with Crippen molar-refractivity contribution in [2.24, 2.45) is 0 Å². The van der Waals surface area contributed by atoms with E-state index in [9.17, 15) is 8.42 Å². The molecular formula is C23H20N2O4S. The zero-order chi connectivity index (χ0) is 20.7. The minimum atomic E-state index is -3.88. The van der Waals surface area contributed by atoms with Gasteiger partial charge in [-0.15, -0.1) is 0 Å². The summed E-state index contributed by atoms with van der Waals surface area (Å²) in [6.07, 6.45) is -0.495. The van der Waals surface area contributed by atoms with Crippen LogP contribution in [-0.4, -0.2) is 30.7 Å². The highest BCUT2D eigenvalue weighted by Gasteiger charge is 2.27. The lowest BCUT2D eigenvalue weighted by atomic mass is 10.2. The maximum Gasteiger partial charge on any atom is 0.297 e. The molecule has 5 rings (SSSR count). The first-order valence-corrected chi connectivity index (χ1v) is 11.1. The number of aryl methyl sites for hydroxylation is 1. The fourth-order valence-electron chi connectivity index (χ4n) is 3.67. The van der Waals surface area contributed by atoms with Gasteiger partial charge >= 0.3 is 0 Å². The molecule has 1 aliphatic rings. The lowest BCUT2D eigenvalue weighted by Gasteiger charge is -2.18. The van der Waals surface area contributed by atoms with E-state index < -0.39 is 16.2 Å². The normalized spacial score (nSPS) is 15.8. The van der Waals surface area contributed by atoms with Gasteiger partial charge in [-0.1, -0.05) is 42.0 Å². The molecule has 7 heteroatoms. The number of ether oxygens (including phenoxy) is 1. The molecule has 0 aliphatic carbocycles. The quantitative estimate of drug-likeness (QED) is 0.463. The number of benzene rings is 3. The van der Waals surface area contributed by atoms with E-state index in [0.717, 1.165) is 28.0 Å². The minimum absolute atomic E-state index is 0.101. The van der Waals surface area contributed by atoms with E-state index >= 15 is 0 Å². The second kappa shape index (κ2) is 7.27. The van der Waals surface area contributed by atoms with E-state index in [1.165, 1.54) is 0 Å². The van der Waals surface area contributed by atoms with E-state index in [2.05, 4.69) is 4.57 Å². The third-order valence-electron chi connectivity index (χ3n) is 5.18. The van der Waals surface area contributed by atoms with Crippen molar-refractivity contribution < 1.29 is 17.3 Å². The van der Waals surface area contributed by atoms with Gasteiger partial charge in [-0.2, -0.15) is 8.42 Å². The molecule has 1 aliphatic heterocycles. The fourth-order valence-corrected chi connectivity index (χ4v) is 4.60. The Morgan fingerprint density at radius 1 is 1.03 bits per heavy atom. The zero-order valence-corrected chi connectivity index (χ0v) is 17.2. The monoisotopic (exact) mass is 420 g/mol. The second-order valence-corrected chi connectivity index (χ2v) is 8.94. The zero-order valence-electron chi connectivity index (χ0n) is 16.4. The number of aromatic nitrogens is 2. The van der Waals surface area contributed by atoms with Crippen molar-refractivity contribution in [2.45, 2.75) is 24.5 Å². The maximum atomic E-state index is 12.6. The van der Waals surface area contributed by atoms with Gasteiger partial charge in [-0.25, -0.2) is 4.98 Å². The highest BCUT2D eigenvalue weighted by molar-refractivity contribution is 7.86. The smallest absolute Gasteiger partial charge is 0.297 e. The van der Waals surface area contributed by atoms with E-state index in [0.29, 0.717) is 12.3 Å². The lowest BCUT2D eigenvalue weighted by Crippen LogP contribution is -2.29. The summed E-state index contributed by atoms with van der Waals surface area (Å²) in [7, 11) is -3.88. The van der Waals surface area contributed by atoms with E-state index in [1.807, 2.05) is 55.5 Å². The van der Waals surface area contributed by atoms with Crippen molar-refractivity contribution in [1.29, 1.82) is 0 Å². The highest BCUT2D eigenvalue weighted by Crippen LogP contribution is 2.35. The van der Waals surface area contributed by atoms with Crippen LogP contribution < -0.4 is 4.74 Å². The van der Waals surface area contributed by atoms with Crippen LogP contribution >= 0.6 is 0 Å². The van der Waals surface area contributed by atoms with Crippen LogP contribution in [0.15, 0.2) is 77.7 Å². The lowest BCUT2D eigenvalue weighted by molar-refractivity contribution is 0.121. The van der Waals surface area contributed by atoms with Gasteiger partial charge in [-0.05, 0) is 43.3 Å². The minimum Gasteiger partial charge on any atom is -0.485 e. The Morgan fingerprint density at radius 3 is 2.60 bits per heavy atom. The van der Waals surface area contributed by atoms with Crippen molar-refractivity contribution >= 4 is 21.2 Å². The summed E-state index contributed by atoms with van der Waals surface area (Å²) >= 11 is 0. The average Bonchev–Trinajstić information content (AvgIpc) is 3.03. The van der Waals surface area contributed by atoms with Gasteiger partial charge in [0.05, 0.1) is 28.0 Å². The molecule has 6 nitrogen and oxygen atoms in total. The van der Waals surface area contributed by atoms with Crippen molar-refractivity contribution in [1.82, 2.24) is 9.55 Å². The van der Waals surface area contributed by atoms with Crippen LogP contribution in [0.4, 0.5) is 0 Å². The number of nitrogens with zero attached hydrogens (tertiary/aromatic N) is 2. The molecular weight excluding hydrogens is 400 g/mol. The molecule has 0 spiro atoms. The molecule has 0 fully saturated rings. The standard InChI is InChI=1S/C23H20N2O4S/c1-16-10-12-18(13-11-16)30(26,27)28-15-17-14-25-21-8-4-3-7-20(21)24-23(25)19-6-2-5-9-22(19)29-17/h2-13,17H,14-15H2,1H3. The molecule has 0 radical (unpaired) electrons. The molecule has 0 N–H and O–H groups in total. The summed E-state index contributed by atoms with van der Waals surface area (Å²) in [4.78, 5) is 4.91. The summed E-state index contributed by atoms with van der Waals surface area (Å²) in [5.41, 5.74) is 3.71. The SMILES string of the molecule is Cc1ccc(S(=O)(=O)OCC2Cn3c(nc4ccccc43)-c3ccccc3O2)cc1. The summed E-state index contributed by atoms with van der Waals surface area (Å²) in [5.74, 6) is 1.46. The van der Waals surface area contributed by atoms with Gasteiger partial charge in [0, 0.05) is 0 Å². The Bertz CT molecular complexity index is 1330. The predicted octanol–water partition coefficient (Wildman–Crippen LogP) is 4.18. The Morgan fingerprint density at radius 2 is 1.77 bits per heavy atom. The topological polar surface area (TPSA) is 70.4 Å².